The quantitative estimate of drug-likeness (QED) is 0.617. The highest BCUT2D eigenvalue weighted by atomic mass is 19.1. The monoisotopic (exact) mass is 415 g/mol. The molecule has 31 heavy (non-hydrogen) atoms. The zero-order valence-electron chi connectivity index (χ0n) is 17.6. The fourth-order valence-corrected chi connectivity index (χ4v) is 4.24. The molecule has 0 aliphatic carbocycles. The molecule has 3 aromatic carbocycles. The number of hydrogen-bond donors (Lipinski definition) is 2. The molecule has 0 aromatic heterocycles. The van der Waals surface area contributed by atoms with Crippen LogP contribution in [0.4, 0.5) is 4.39 Å². The zero-order valence-corrected chi connectivity index (χ0v) is 17.6. The van der Waals surface area contributed by atoms with Crippen molar-refractivity contribution >= 4 is 0 Å². The van der Waals surface area contributed by atoms with E-state index in [4.69, 9.17) is 10.00 Å². The Morgan fingerprint density at radius 2 is 1.81 bits per heavy atom. The first-order chi connectivity index (χ1) is 15.2. The predicted octanol–water partition coefficient (Wildman–Crippen LogP) is 4.61. The molecule has 1 fully saturated rings. The Balaban J connectivity index is 1.53. The molecule has 3 aromatic rings. The number of rotatable bonds is 6. The van der Waals surface area contributed by atoms with Crippen molar-refractivity contribution in [3.8, 4) is 22.9 Å². The van der Waals surface area contributed by atoms with E-state index in [0.29, 0.717) is 12.1 Å². The minimum Gasteiger partial charge on any atom is -0.496 e. The third-order valence-electron chi connectivity index (χ3n) is 5.96. The van der Waals surface area contributed by atoms with Gasteiger partial charge in [0.05, 0.1) is 18.7 Å². The van der Waals surface area contributed by atoms with E-state index in [0.717, 1.165) is 47.5 Å². The normalized spacial score (nSPS) is 18.4. The van der Waals surface area contributed by atoms with E-state index in [1.54, 1.807) is 7.11 Å². The van der Waals surface area contributed by atoms with Gasteiger partial charge in [0.25, 0.3) is 0 Å². The largest absolute Gasteiger partial charge is 0.496 e. The van der Waals surface area contributed by atoms with Crippen LogP contribution in [0.15, 0.2) is 66.7 Å². The Morgan fingerprint density at radius 1 is 1.06 bits per heavy atom. The van der Waals surface area contributed by atoms with Crippen molar-refractivity contribution in [2.24, 2.45) is 0 Å². The van der Waals surface area contributed by atoms with Crippen LogP contribution in [0, 0.1) is 17.1 Å². The Morgan fingerprint density at radius 3 is 2.52 bits per heavy atom. The second-order valence-corrected chi connectivity index (χ2v) is 7.85. The summed E-state index contributed by atoms with van der Waals surface area (Å²) in [5, 5.41) is 16.2. The molecule has 2 atom stereocenters. The summed E-state index contributed by atoms with van der Waals surface area (Å²) in [6.07, 6.45) is 1.000. The molecule has 0 spiro atoms. The first-order valence-corrected chi connectivity index (χ1v) is 10.5. The van der Waals surface area contributed by atoms with Crippen molar-refractivity contribution < 1.29 is 9.13 Å². The van der Waals surface area contributed by atoms with Crippen molar-refractivity contribution in [1.29, 1.82) is 5.26 Å². The lowest BCUT2D eigenvalue weighted by Crippen LogP contribution is -2.45. The average Bonchev–Trinajstić information content (AvgIpc) is 2.83. The Bertz CT molecular complexity index is 1060. The van der Waals surface area contributed by atoms with Gasteiger partial charge in [-0.15, -0.1) is 0 Å². The minimum atomic E-state index is -0.207. The van der Waals surface area contributed by atoms with Crippen molar-refractivity contribution in [3.05, 3.63) is 89.2 Å². The molecule has 158 valence electrons. The van der Waals surface area contributed by atoms with Crippen LogP contribution in [0.5, 0.6) is 5.75 Å². The number of benzene rings is 3. The molecule has 0 amide bonds. The fraction of sp³-hybridized carbons (Fsp3) is 0.269. The molecule has 0 saturated carbocycles. The SMILES string of the molecule is COc1ccc(-c2ccc(C#N)cc2)cc1CN[C@H]1CCNC[C@H]1c1ccc(F)cc1. The van der Waals surface area contributed by atoms with E-state index in [1.165, 1.54) is 12.1 Å². The molecule has 1 saturated heterocycles. The first-order valence-electron chi connectivity index (χ1n) is 10.5. The highest BCUT2D eigenvalue weighted by molar-refractivity contribution is 5.66. The van der Waals surface area contributed by atoms with Crippen LogP contribution in [0.2, 0.25) is 0 Å². The van der Waals surface area contributed by atoms with Gasteiger partial charge >= 0.3 is 0 Å². The van der Waals surface area contributed by atoms with E-state index >= 15 is 0 Å². The number of methoxy groups -OCH3 is 1. The van der Waals surface area contributed by atoms with Gasteiger partial charge in [-0.3, -0.25) is 0 Å². The molecule has 1 aliphatic rings. The van der Waals surface area contributed by atoms with Crippen LogP contribution in [0.3, 0.4) is 0 Å². The lowest BCUT2D eigenvalue weighted by atomic mass is 9.86. The van der Waals surface area contributed by atoms with E-state index in [1.807, 2.05) is 48.5 Å². The van der Waals surface area contributed by atoms with E-state index in [9.17, 15) is 4.39 Å². The molecule has 4 rings (SSSR count). The smallest absolute Gasteiger partial charge is 0.123 e. The molecule has 1 aliphatic heterocycles. The summed E-state index contributed by atoms with van der Waals surface area (Å²) in [7, 11) is 1.69. The van der Waals surface area contributed by atoms with Gasteiger partial charge in [-0.1, -0.05) is 30.3 Å². The van der Waals surface area contributed by atoms with Crippen molar-refractivity contribution in [1.82, 2.24) is 10.6 Å². The van der Waals surface area contributed by atoms with Crippen molar-refractivity contribution in [2.75, 3.05) is 20.2 Å². The Hall–Kier alpha value is -3.20. The predicted molar refractivity (Wildman–Crippen MR) is 120 cm³/mol. The Labute approximate surface area is 182 Å². The maximum atomic E-state index is 13.4. The molecule has 2 N–H and O–H groups in total. The van der Waals surface area contributed by atoms with Crippen LogP contribution in [-0.2, 0) is 6.54 Å². The maximum absolute atomic E-state index is 13.4. The fourth-order valence-electron chi connectivity index (χ4n) is 4.24. The van der Waals surface area contributed by atoms with Crippen LogP contribution in [-0.4, -0.2) is 26.2 Å². The molecule has 1 heterocycles. The van der Waals surface area contributed by atoms with E-state index in [2.05, 4.69) is 22.8 Å². The summed E-state index contributed by atoms with van der Waals surface area (Å²) in [6, 6.07) is 23.0. The number of hydrogen-bond acceptors (Lipinski definition) is 4. The van der Waals surface area contributed by atoms with Gasteiger partial charge in [-0.05, 0) is 66.1 Å². The topological polar surface area (TPSA) is 57.1 Å². The van der Waals surface area contributed by atoms with Crippen molar-refractivity contribution in [3.63, 3.8) is 0 Å². The molecule has 0 unspecified atom stereocenters. The highest BCUT2D eigenvalue weighted by Gasteiger charge is 2.26. The van der Waals surface area contributed by atoms with Gasteiger partial charge < -0.3 is 15.4 Å². The molecule has 5 heteroatoms. The summed E-state index contributed by atoms with van der Waals surface area (Å²) in [5.74, 6) is 0.917. The third kappa shape index (κ3) is 4.93. The van der Waals surface area contributed by atoms with E-state index < -0.39 is 0 Å². The number of piperidine rings is 1. The van der Waals surface area contributed by atoms with Gasteiger partial charge in [0, 0.05) is 30.6 Å². The highest BCUT2D eigenvalue weighted by Crippen LogP contribution is 2.29. The van der Waals surface area contributed by atoms with Crippen LogP contribution in [0.25, 0.3) is 11.1 Å². The number of nitriles is 1. The van der Waals surface area contributed by atoms with Crippen LogP contribution < -0.4 is 15.4 Å². The second kappa shape index (κ2) is 9.74. The summed E-state index contributed by atoms with van der Waals surface area (Å²) >= 11 is 0. The van der Waals surface area contributed by atoms with Gasteiger partial charge in [0.1, 0.15) is 11.6 Å². The molecular weight excluding hydrogens is 389 g/mol. The van der Waals surface area contributed by atoms with Crippen molar-refractivity contribution in [2.45, 2.75) is 24.9 Å². The van der Waals surface area contributed by atoms with Gasteiger partial charge in [-0.25, -0.2) is 4.39 Å². The lowest BCUT2D eigenvalue weighted by Gasteiger charge is -2.33. The standard InChI is InChI=1S/C26H26FN3O/c1-31-26-11-8-21(19-4-2-18(15-28)3-5-19)14-22(26)16-30-25-12-13-29-17-24(25)20-6-9-23(27)10-7-20/h2-11,14,24-25,29-30H,12-13,16-17H2,1H3/t24-,25-/m0/s1. The minimum absolute atomic E-state index is 0.207. The summed E-state index contributed by atoms with van der Waals surface area (Å²) in [6.45, 7) is 2.50. The summed E-state index contributed by atoms with van der Waals surface area (Å²) < 4.78 is 19.0. The maximum Gasteiger partial charge on any atom is 0.123 e. The number of nitrogens with zero attached hydrogens (tertiary/aromatic N) is 1. The molecule has 0 bridgehead atoms. The van der Waals surface area contributed by atoms with Gasteiger partial charge in [0.15, 0.2) is 0 Å². The van der Waals surface area contributed by atoms with Crippen LogP contribution in [0.1, 0.15) is 29.0 Å². The average molecular weight is 416 g/mol. The zero-order chi connectivity index (χ0) is 21.6. The molecule has 0 radical (unpaired) electrons. The lowest BCUT2D eigenvalue weighted by molar-refractivity contribution is 0.337. The second-order valence-electron chi connectivity index (χ2n) is 7.85. The molecular formula is C26H26FN3O. The van der Waals surface area contributed by atoms with Gasteiger partial charge in [-0.2, -0.15) is 5.26 Å². The number of nitrogens with one attached hydrogen (secondary N) is 2. The Kier molecular flexibility index (Phi) is 6.61. The number of ether oxygens (including phenoxy) is 1. The number of halogens is 1. The van der Waals surface area contributed by atoms with E-state index in [-0.39, 0.29) is 17.8 Å². The summed E-state index contributed by atoms with van der Waals surface area (Å²) in [4.78, 5) is 0. The first kappa shape index (κ1) is 21.0. The third-order valence-corrected chi connectivity index (χ3v) is 5.96. The summed E-state index contributed by atoms with van der Waals surface area (Å²) in [5.41, 5.74) is 5.03. The van der Waals surface area contributed by atoms with Crippen LogP contribution >= 0.6 is 0 Å². The van der Waals surface area contributed by atoms with Gasteiger partial charge in [0.2, 0.25) is 0 Å². The molecule has 4 nitrogen and oxygen atoms in total.